The van der Waals surface area contributed by atoms with Gasteiger partial charge in [-0.3, -0.25) is 9.69 Å². The van der Waals surface area contributed by atoms with Crippen molar-refractivity contribution >= 4 is 40.2 Å². The van der Waals surface area contributed by atoms with Crippen LogP contribution in [0.15, 0.2) is 48.9 Å². The molecule has 2 aromatic carbocycles. The molecule has 1 aliphatic rings. The van der Waals surface area contributed by atoms with Gasteiger partial charge in [0.15, 0.2) is 0 Å². The minimum atomic E-state index is -4.63. The monoisotopic (exact) mass is 628 g/mol. The number of anilines is 3. The number of benzene rings is 2. The highest BCUT2D eigenvalue weighted by atomic mass is 19.4. The number of carboxylic acids is 1. The Morgan fingerprint density at radius 3 is 2.49 bits per heavy atom. The minimum absolute atomic E-state index is 0.0507. The summed E-state index contributed by atoms with van der Waals surface area (Å²) in [6, 6.07) is 6.72. The number of carboxylic acid groups (broad SMARTS) is 1. The van der Waals surface area contributed by atoms with Crippen molar-refractivity contribution < 1.29 is 32.3 Å². The van der Waals surface area contributed by atoms with Gasteiger partial charge in [0.2, 0.25) is 0 Å². The molecule has 4 aromatic rings. The van der Waals surface area contributed by atoms with Gasteiger partial charge in [0.1, 0.15) is 23.6 Å². The van der Waals surface area contributed by atoms with Gasteiger partial charge in [0.25, 0.3) is 0 Å². The molecule has 15 heteroatoms. The third-order valence-corrected chi connectivity index (χ3v) is 7.66. The summed E-state index contributed by atoms with van der Waals surface area (Å²) >= 11 is 0. The van der Waals surface area contributed by atoms with Gasteiger partial charge in [-0.15, -0.1) is 0 Å². The lowest BCUT2D eigenvalue weighted by Crippen LogP contribution is -2.44. The van der Waals surface area contributed by atoms with Gasteiger partial charge in [0.05, 0.1) is 16.6 Å². The first-order valence-electron chi connectivity index (χ1n) is 14.2. The fraction of sp³-hybridized carbons (Fsp3) is 0.333. The third kappa shape index (κ3) is 7.49. The predicted molar refractivity (Wildman–Crippen MR) is 161 cm³/mol. The summed E-state index contributed by atoms with van der Waals surface area (Å²) in [7, 11) is 1.96. The van der Waals surface area contributed by atoms with Crippen molar-refractivity contribution in [1.29, 1.82) is 0 Å². The quantitative estimate of drug-likeness (QED) is 0.188. The molecule has 0 spiro atoms. The summed E-state index contributed by atoms with van der Waals surface area (Å²) in [5, 5.41) is 14.1. The molecule has 0 aliphatic carbocycles. The number of rotatable bonds is 9. The van der Waals surface area contributed by atoms with Crippen LogP contribution in [-0.4, -0.2) is 74.7 Å². The molecule has 2 amide bonds. The van der Waals surface area contributed by atoms with E-state index in [1.54, 1.807) is 10.8 Å². The van der Waals surface area contributed by atoms with Crippen LogP contribution >= 0.6 is 0 Å². The molecule has 0 atom stereocenters. The molecule has 2 aromatic heterocycles. The van der Waals surface area contributed by atoms with E-state index >= 15 is 4.39 Å². The second-order valence-electron chi connectivity index (χ2n) is 10.9. The smallest absolute Gasteiger partial charge is 0.416 e. The Bertz CT molecular complexity index is 1720. The molecule has 1 aliphatic heterocycles. The first-order chi connectivity index (χ1) is 21.4. The molecule has 0 radical (unpaired) electrons. The Morgan fingerprint density at radius 1 is 1.04 bits per heavy atom. The van der Waals surface area contributed by atoms with Gasteiger partial charge < -0.3 is 30.9 Å². The number of hydrogen-bond acceptors (Lipinski definition) is 7. The van der Waals surface area contributed by atoms with Crippen LogP contribution in [0.5, 0.6) is 0 Å². The number of urea groups is 1. The number of carbonyl (C=O) groups is 2. The number of hydrogen-bond donors (Lipinski definition) is 4. The van der Waals surface area contributed by atoms with E-state index in [2.05, 4.69) is 25.5 Å². The van der Waals surface area contributed by atoms with Crippen LogP contribution in [0.25, 0.3) is 22.2 Å². The average Bonchev–Trinajstić information content (AvgIpc) is 3.35. The van der Waals surface area contributed by atoms with Crippen molar-refractivity contribution in [3.63, 3.8) is 0 Å². The number of likely N-dealkylation sites (N-methyl/N-ethyl adjacent to an activating group) is 1. The lowest BCUT2D eigenvalue weighted by Gasteiger charge is -2.33. The first-order valence-corrected chi connectivity index (χ1v) is 14.2. The first kappa shape index (κ1) is 31.7. The zero-order valence-electron chi connectivity index (χ0n) is 24.4. The normalized spacial score (nSPS) is 14.5. The van der Waals surface area contributed by atoms with Crippen LogP contribution in [0.1, 0.15) is 24.0 Å². The van der Waals surface area contributed by atoms with Crippen LogP contribution < -0.4 is 16.4 Å². The van der Waals surface area contributed by atoms with Gasteiger partial charge in [0, 0.05) is 63.1 Å². The van der Waals surface area contributed by atoms with Crippen molar-refractivity contribution in [1.82, 2.24) is 24.3 Å². The number of amides is 2. The van der Waals surface area contributed by atoms with Crippen molar-refractivity contribution in [2.75, 3.05) is 49.6 Å². The number of nitrogen functional groups attached to an aromatic ring is 1. The molecule has 238 valence electrons. The standard InChI is InChI=1S/C30H32F4N8O3/c1-40-9-11-41(12-10-40)15-19-4-6-20(14-22(19)30(32,33)34)38-29(45)39-24-7-5-18(13-23(24)31)21-16-42(8-2-3-25(43)44)28-26(21)27(35)36-17-37-28/h4-7,13-14,16-17H,2-3,8-12,15H2,1H3,(H,43,44)(H2,35,36,37)(H2,38,39,45). The molecule has 1 fully saturated rings. The fourth-order valence-corrected chi connectivity index (χ4v) is 5.31. The summed E-state index contributed by atoms with van der Waals surface area (Å²) in [5.74, 6) is -1.58. The number of fused-ring (bicyclic) bond motifs is 1. The van der Waals surface area contributed by atoms with Gasteiger partial charge in [-0.2, -0.15) is 13.2 Å². The molecule has 5 rings (SSSR count). The molecule has 5 N–H and O–H groups in total. The van der Waals surface area contributed by atoms with Crippen LogP contribution in [0.4, 0.5) is 39.5 Å². The number of nitrogens with two attached hydrogens (primary N) is 1. The second kappa shape index (κ2) is 13.1. The minimum Gasteiger partial charge on any atom is -0.481 e. The van der Waals surface area contributed by atoms with Gasteiger partial charge in [-0.05, 0) is 48.9 Å². The topological polar surface area (TPSA) is 142 Å². The largest absolute Gasteiger partial charge is 0.481 e. The lowest BCUT2D eigenvalue weighted by molar-refractivity contribution is -0.138. The number of nitrogens with one attached hydrogen (secondary N) is 2. The Morgan fingerprint density at radius 2 is 1.80 bits per heavy atom. The van der Waals surface area contributed by atoms with Crippen molar-refractivity contribution in [2.45, 2.75) is 32.1 Å². The highest BCUT2D eigenvalue weighted by molar-refractivity contribution is 6.02. The molecule has 0 unspecified atom stereocenters. The van der Waals surface area contributed by atoms with E-state index in [4.69, 9.17) is 10.8 Å². The van der Waals surface area contributed by atoms with Crippen LogP contribution in [0.3, 0.4) is 0 Å². The van der Waals surface area contributed by atoms with E-state index in [1.165, 1.54) is 36.7 Å². The maximum atomic E-state index is 15.2. The summed E-state index contributed by atoms with van der Waals surface area (Å²) in [6.07, 6.45) is -1.40. The Hall–Kier alpha value is -4.76. The molecular weight excluding hydrogens is 596 g/mol. The number of aromatic nitrogens is 3. The van der Waals surface area contributed by atoms with Crippen LogP contribution in [-0.2, 0) is 24.1 Å². The van der Waals surface area contributed by atoms with Crippen molar-refractivity contribution in [2.24, 2.45) is 0 Å². The van der Waals surface area contributed by atoms with E-state index < -0.39 is 29.6 Å². The Kier molecular flexibility index (Phi) is 9.20. The zero-order valence-corrected chi connectivity index (χ0v) is 24.4. The fourth-order valence-electron chi connectivity index (χ4n) is 5.31. The highest BCUT2D eigenvalue weighted by Crippen LogP contribution is 2.36. The van der Waals surface area contributed by atoms with E-state index in [0.717, 1.165) is 19.2 Å². The third-order valence-electron chi connectivity index (χ3n) is 7.66. The summed E-state index contributed by atoms with van der Waals surface area (Å²) in [6.45, 7) is 3.28. The van der Waals surface area contributed by atoms with E-state index in [9.17, 15) is 22.8 Å². The Balaban J connectivity index is 1.31. The molecule has 0 bridgehead atoms. The Labute approximate surface area is 255 Å². The number of piperazine rings is 1. The van der Waals surface area contributed by atoms with Crippen molar-refractivity contribution in [3.05, 3.63) is 65.9 Å². The lowest BCUT2D eigenvalue weighted by atomic mass is 10.0. The van der Waals surface area contributed by atoms with Crippen LogP contribution in [0, 0.1) is 5.82 Å². The second-order valence-corrected chi connectivity index (χ2v) is 10.9. The highest BCUT2D eigenvalue weighted by Gasteiger charge is 2.34. The maximum Gasteiger partial charge on any atom is 0.416 e. The van der Waals surface area contributed by atoms with E-state index in [-0.39, 0.29) is 35.7 Å². The molecule has 3 heterocycles. The molecule has 0 saturated carbocycles. The number of alkyl halides is 3. The van der Waals surface area contributed by atoms with E-state index in [1.807, 2.05) is 11.9 Å². The molecule has 1 saturated heterocycles. The number of nitrogens with zero attached hydrogens (tertiary/aromatic N) is 5. The molecule has 45 heavy (non-hydrogen) atoms. The van der Waals surface area contributed by atoms with Gasteiger partial charge >= 0.3 is 18.2 Å². The summed E-state index contributed by atoms with van der Waals surface area (Å²) in [5.41, 5.74) is 6.42. The summed E-state index contributed by atoms with van der Waals surface area (Å²) in [4.78, 5) is 36.0. The SMILES string of the molecule is CN1CCN(Cc2ccc(NC(=O)Nc3ccc(-c4cn(CCCC(=O)O)c5ncnc(N)c45)cc3F)cc2C(F)(F)F)CC1. The number of carbonyl (C=O) groups excluding carboxylic acids is 1. The van der Waals surface area contributed by atoms with Gasteiger partial charge in [-0.25, -0.2) is 19.2 Å². The number of halogens is 4. The predicted octanol–water partition coefficient (Wildman–Crippen LogP) is 5.09. The zero-order chi connectivity index (χ0) is 32.3. The van der Waals surface area contributed by atoms with E-state index in [0.29, 0.717) is 48.2 Å². The molecular formula is C30H32F4N8O3. The average molecular weight is 629 g/mol. The van der Waals surface area contributed by atoms with Crippen molar-refractivity contribution in [3.8, 4) is 11.1 Å². The molecule has 11 nitrogen and oxygen atoms in total. The maximum absolute atomic E-state index is 15.2. The van der Waals surface area contributed by atoms with Gasteiger partial charge in [-0.1, -0.05) is 12.1 Å². The van der Waals surface area contributed by atoms with Crippen LogP contribution in [0.2, 0.25) is 0 Å². The number of aryl methyl sites for hydroxylation is 1. The summed E-state index contributed by atoms with van der Waals surface area (Å²) < 4.78 is 58.7. The number of aliphatic carboxylic acids is 1.